The summed E-state index contributed by atoms with van der Waals surface area (Å²) in [6, 6.07) is 14.0. The zero-order valence-corrected chi connectivity index (χ0v) is 14.4. The molecule has 0 amide bonds. The smallest absolute Gasteiger partial charge is 0.230 e. The third kappa shape index (κ3) is 2.76. The first-order valence-electron chi connectivity index (χ1n) is 6.34. The molecule has 3 nitrogen and oxygen atoms in total. The molecule has 2 aromatic carbocycles. The molecule has 0 fully saturated rings. The van der Waals surface area contributed by atoms with Gasteiger partial charge in [0.15, 0.2) is 0 Å². The van der Waals surface area contributed by atoms with Gasteiger partial charge in [0.1, 0.15) is 5.69 Å². The van der Waals surface area contributed by atoms with Crippen LogP contribution in [0.25, 0.3) is 22.4 Å². The minimum absolute atomic E-state index is 0.319. The maximum absolute atomic E-state index is 5.97. The molecule has 0 aliphatic carbocycles. The van der Waals surface area contributed by atoms with Gasteiger partial charge < -0.3 is 10.3 Å². The second-order valence-electron chi connectivity index (χ2n) is 4.74. The Morgan fingerprint density at radius 3 is 2.57 bits per heavy atom. The lowest BCUT2D eigenvalue weighted by Crippen LogP contribution is -1.88. The third-order valence-electron chi connectivity index (χ3n) is 3.28. The Balaban J connectivity index is 2.19. The van der Waals surface area contributed by atoms with Gasteiger partial charge in [0, 0.05) is 14.5 Å². The van der Waals surface area contributed by atoms with Crippen LogP contribution in [0, 0.1) is 6.92 Å². The van der Waals surface area contributed by atoms with Crippen molar-refractivity contribution in [3.63, 3.8) is 0 Å². The van der Waals surface area contributed by atoms with E-state index in [0.717, 1.165) is 31.3 Å². The molecule has 1 heterocycles. The predicted octanol–water partition coefficient (Wildman–Crippen LogP) is 5.42. The molecule has 0 spiro atoms. The summed E-state index contributed by atoms with van der Waals surface area (Å²) < 4.78 is 7.22. The first kappa shape index (κ1) is 14.4. The van der Waals surface area contributed by atoms with Gasteiger partial charge in [0.25, 0.3) is 0 Å². The van der Waals surface area contributed by atoms with Crippen molar-refractivity contribution in [1.29, 1.82) is 0 Å². The lowest BCUT2D eigenvalue weighted by atomic mass is 10.0. The van der Waals surface area contributed by atoms with Crippen molar-refractivity contribution >= 4 is 37.7 Å². The number of benzene rings is 2. The van der Waals surface area contributed by atoms with Gasteiger partial charge in [-0.25, -0.2) is 0 Å². The highest BCUT2D eigenvalue weighted by Gasteiger charge is 2.18. The Kier molecular flexibility index (Phi) is 3.87. The molecule has 3 aromatic rings. The van der Waals surface area contributed by atoms with E-state index in [-0.39, 0.29) is 0 Å². The maximum atomic E-state index is 5.97. The monoisotopic (exact) mass is 406 g/mol. The van der Waals surface area contributed by atoms with Gasteiger partial charge in [-0.3, -0.25) is 0 Å². The van der Waals surface area contributed by atoms with E-state index in [9.17, 15) is 0 Å². The molecule has 3 rings (SSSR count). The number of nitrogens with two attached hydrogens (primary N) is 1. The van der Waals surface area contributed by atoms with E-state index >= 15 is 0 Å². The topological polar surface area (TPSA) is 52.0 Å². The van der Waals surface area contributed by atoms with Crippen molar-refractivity contribution in [2.24, 2.45) is 0 Å². The van der Waals surface area contributed by atoms with Crippen LogP contribution < -0.4 is 5.73 Å². The molecular weight excluding hydrogens is 396 g/mol. The Labute approximate surface area is 139 Å². The number of anilines is 1. The number of halogens is 2. The van der Waals surface area contributed by atoms with Gasteiger partial charge in [-0.2, -0.15) is 0 Å². The van der Waals surface area contributed by atoms with Gasteiger partial charge >= 0.3 is 0 Å². The molecule has 21 heavy (non-hydrogen) atoms. The van der Waals surface area contributed by atoms with E-state index in [0.29, 0.717) is 5.88 Å². The first-order chi connectivity index (χ1) is 10.1. The SMILES string of the molecule is Cc1ccc(-c2noc(N)c2-c2cccc(Br)c2)cc1Br. The number of hydrogen-bond acceptors (Lipinski definition) is 3. The quantitative estimate of drug-likeness (QED) is 0.616. The average Bonchev–Trinajstić information content (AvgIpc) is 2.84. The molecule has 1 aromatic heterocycles. The molecule has 0 aliphatic heterocycles. The van der Waals surface area contributed by atoms with Crippen LogP contribution in [0.4, 0.5) is 5.88 Å². The van der Waals surface area contributed by atoms with E-state index in [1.165, 1.54) is 5.56 Å². The van der Waals surface area contributed by atoms with E-state index < -0.39 is 0 Å². The Hall–Kier alpha value is -1.59. The van der Waals surface area contributed by atoms with Crippen LogP contribution in [0.5, 0.6) is 0 Å². The van der Waals surface area contributed by atoms with Gasteiger partial charge in [-0.15, -0.1) is 0 Å². The van der Waals surface area contributed by atoms with Crippen molar-refractivity contribution in [3.8, 4) is 22.4 Å². The molecule has 5 heteroatoms. The summed E-state index contributed by atoms with van der Waals surface area (Å²) in [5.74, 6) is 0.319. The molecule has 106 valence electrons. The molecule has 0 saturated carbocycles. The van der Waals surface area contributed by atoms with Gasteiger partial charge in [0.05, 0.1) is 5.56 Å². The van der Waals surface area contributed by atoms with Crippen LogP contribution >= 0.6 is 31.9 Å². The number of aryl methyl sites for hydroxylation is 1. The standard InChI is InChI=1S/C16H12Br2N2O/c1-9-5-6-11(8-13(9)18)15-14(16(19)21-20-15)10-3-2-4-12(17)7-10/h2-8H,19H2,1H3. The number of aromatic nitrogens is 1. The summed E-state index contributed by atoms with van der Waals surface area (Å²) in [6.45, 7) is 2.04. The second kappa shape index (κ2) is 5.66. The highest BCUT2D eigenvalue weighted by atomic mass is 79.9. The molecule has 0 saturated heterocycles. The van der Waals surface area contributed by atoms with Crippen molar-refractivity contribution in [2.75, 3.05) is 5.73 Å². The average molecular weight is 408 g/mol. The van der Waals surface area contributed by atoms with Crippen LogP contribution in [0.15, 0.2) is 55.9 Å². The highest BCUT2D eigenvalue weighted by molar-refractivity contribution is 9.10. The molecule has 0 bridgehead atoms. The normalized spacial score (nSPS) is 10.8. The van der Waals surface area contributed by atoms with E-state index in [4.69, 9.17) is 10.3 Å². The summed E-state index contributed by atoms with van der Waals surface area (Å²) >= 11 is 7.02. The summed E-state index contributed by atoms with van der Waals surface area (Å²) in [5, 5.41) is 4.13. The number of nitrogen functional groups attached to an aromatic ring is 1. The van der Waals surface area contributed by atoms with Crippen molar-refractivity contribution < 1.29 is 4.52 Å². The van der Waals surface area contributed by atoms with E-state index in [2.05, 4.69) is 37.0 Å². The minimum Gasteiger partial charge on any atom is -0.367 e. The zero-order chi connectivity index (χ0) is 15.0. The minimum atomic E-state index is 0.319. The summed E-state index contributed by atoms with van der Waals surface area (Å²) in [7, 11) is 0. The van der Waals surface area contributed by atoms with Crippen molar-refractivity contribution in [2.45, 2.75) is 6.92 Å². The van der Waals surface area contributed by atoms with Crippen LogP contribution in [0.2, 0.25) is 0 Å². The number of rotatable bonds is 2. The number of hydrogen-bond donors (Lipinski definition) is 1. The lowest BCUT2D eigenvalue weighted by molar-refractivity contribution is 0.439. The second-order valence-corrected chi connectivity index (χ2v) is 6.51. The highest BCUT2D eigenvalue weighted by Crippen LogP contribution is 2.38. The fourth-order valence-electron chi connectivity index (χ4n) is 2.16. The van der Waals surface area contributed by atoms with Gasteiger partial charge in [-0.05, 0) is 36.2 Å². The largest absolute Gasteiger partial charge is 0.367 e. The Morgan fingerprint density at radius 2 is 1.86 bits per heavy atom. The van der Waals surface area contributed by atoms with Gasteiger partial charge in [0.2, 0.25) is 5.88 Å². The Morgan fingerprint density at radius 1 is 1.05 bits per heavy atom. The van der Waals surface area contributed by atoms with Crippen molar-refractivity contribution in [3.05, 3.63) is 57.0 Å². The van der Waals surface area contributed by atoms with Crippen LogP contribution in [0.1, 0.15) is 5.56 Å². The van der Waals surface area contributed by atoms with Crippen LogP contribution in [0.3, 0.4) is 0 Å². The first-order valence-corrected chi connectivity index (χ1v) is 7.92. The van der Waals surface area contributed by atoms with Crippen LogP contribution in [-0.4, -0.2) is 5.16 Å². The molecule has 2 N–H and O–H groups in total. The summed E-state index contributed by atoms with van der Waals surface area (Å²) in [4.78, 5) is 0. The fraction of sp³-hybridized carbons (Fsp3) is 0.0625. The summed E-state index contributed by atoms with van der Waals surface area (Å²) in [6.07, 6.45) is 0. The lowest BCUT2D eigenvalue weighted by Gasteiger charge is -2.05. The van der Waals surface area contributed by atoms with E-state index in [1.807, 2.05) is 49.4 Å². The molecule has 0 radical (unpaired) electrons. The number of nitrogens with zero attached hydrogens (tertiary/aromatic N) is 1. The zero-order valence-electron chi connectivity index (χ0n) is 11.2. The molecule has 0 unspecified atom stereocenters. The molecule has 0 aliphatic rings. The summed E-state index contributed by atoms with van der Waals surface area (Å²) in [5.41, 5.74) is 10.6. The van der Waals surface area contributed by atoms with Crippen LogP contribution in [-0.2, 0) is 0 Å². The third-order valence-corrected chi connectivity index (χ3v) is 4.62. The maximum Gasteiger partial charge on any atom is 0.230 e. The van der Waals surface area contributed by atoms with Crippen molar-refractivity contribution in [1.82, 2.24) is 5.16 Å². The molecule has 0 atom stereocenters. The predicted molar refractivity (Wildman–Crippen MR) is 91.9 cm³/mol. The molecular formula is C16H12Br2N2O. The Bertz CT molecular complexity index is 812. The van der Waals surface area contributed by atoms with E-state index in [1.54, 1.807) is 0 Å². The fourth-order valence-corrected chi connectivity index (χ4v) is 2.94. The van der Waals surface area contributed by atoms with Gasteiger partial charge in [-0.1, -0.05) is 61.3 Å².